The third-order valence-electron chi connectivity index (χ3n) is 3.82. The molecule has 0 saturated carbocycles. The topological polar surface area (TPSA) is 26.3 Å². The van der Waals surface area contributed by atoms with Gasteiger partial charge in [0.25, 0.3) is 0 Å². The summed E-state index contributed by atoms with van der Waals surface area (Å²) in [5, 5.41) is 0. The predicted octanol–water partition coefficient (Wildman–Crippen LogP) is 4.06. The predicted molar refractivity (Wildman–Crippen MR) is 85.9 cm³/mol. The second kappa shape index (κ2) is 7.07. The molecule has 0 N–H and O–H groups in total. The van der Waals surface area contributed by atoms with E-state index in [0.717, 1.165) is 17.7 Å². The first kappa shape index (κ1) is 15.3. The fourth-order valence-corrected chi connectivity index (χ4v) is 2.31. The minimum atomic E-state index is 0.286. The first-order valence-electron chi connectivity index (χ1n) is 7.29. The number of hydrogen-bond donors (Lipinski definition) is 0. The molecule has 0 fully saturated rings. The number of rotatable bonds is 6. The van der Waals surface area contributed by atoms with E-state index >= 15 is 0 Å². The number of carbonyl (C=O) groups excluding carboxylic acids is 1. The van der Waals surface area contributed by atoms with Crippen molar-refractivity contribution in [3.63, 3.8) is 0 Å². The normalized spacial score (nSPS) is 10.4. The fourth-order valence-electron chi connectivity index (χ4n) is 2.31. The lowest BCUT2D eigenvalue weighted by Crippen LogP contribution is -2.04. The Bertz CT molecular complexity index is 612. The van der Waals surface area contributed by atoms with Crippen LogP contribution < -0.4 is 4.74 Å². The quantitative estimate of drug-likeness (QED) is 0.798. The molecule has 0 spiro atoms. The van der Waals surface area contributed by atoms with Gasteiger partial charge in [-0.15, -0.1) is 0 Å². The first-order valence-corrected chi connectivity index (χ1v) is 7.29. The van der Waals surface area contributed by atoms with Gasteiger partial charge in [-0.05, 0) is 54.7 Å². The third-order valence-corrected chi connectivity index (χ3v) is 3.82. The van der Waals surface area contributed by atoms with Gasteiger partial charge in [0.1, 0.15) is 11.5 Å². The lowest BCUT2D eigenvalue weighted by molar-refractivity contribution is -0.118. The van der Waals surface area contributed by atoms with Crippen LogP contribution in [-0.2, 0) is 17.6 Å². The van der Waals surface area contributed by atoms with Crippen LogP contribution in [0, 0.1) is 13.8 Å². The van der Waals surface area contributed by atoms with Crippen molar-refractivity contribution in [2.45, 2.75) is 33.1 Å². The molecule has 0 unspecified atom stereocenters. The average Bonchev–Trinajstić information content (AvgIpc) is 2.49. The zero-order valence-electron chi connectivity index (χ0n) is 13.0. The van der Waals surface area contributed by atoms with Gasteiger partial charge in [-0.3, -0.25) is 4.79 Å². The Balaban J connectivity index is 1.87. The highest BCUT2D eigenvalue weighted by atomic mass is 16.5. The van der Waals surface area contributed by atoms with Crippen LogP contribution in [0.1, 0.15) is 28.7 Å². The van der Waals surface area contributed by atoms with Crippen molar-refractivity contribution in [1.29, 1.82) is 0 Å². The van der Waals surface area contributed by atoms with Gasteiger partial charge >= 0.3 is 0 Å². The smallest absolute Gasteiger partial charge is 0.137 e. The van der Waals surface area contributed by atoms with E-state index in [-0.39, 0.29) is 5.78 Å². The Morgan fingerprint density at radius 3 is 2.24 bits per heavy atom. The standard InChI is InChI=1S/C19H22O2/c1-14-4-5-17(12-15(14)2)13-18(20)9-6-16-7-10-19(21-3)11-8-16/h4-5,7-8,10-12H,6,9,13H2,1-3H3. The van der Waals surface area contributed by atoms with Gasteiger partial charge in [-0.2, -0.15) is 0 Å². The maximum atomic E-state index is 12.1. The molecule has 2 nitrogen and oxygen atoms in total. The fraction of sp³-hybridized carbons (Fsp3) is 0.316. The summed E-state index contributed by atoms with van der Waals surface area (Å²) < 4.78 is 5.13. The summed E-state index contributed by atoms with van der Waals surface area (Å²) >= 11 is 0. The molecule has 110 valence electrons. The van der Waals surface area contributed by atoms with Crippen LogP contribution in [0.4, 0.5) is 0 Å². The lowest BCUT2D eigenvalue weighted by atomic mass is 9.99. The summed E-state index contributed by atoms with van der Waals surface area (Å²) in [6, 6.07) is 14.1. The SMILES string of the molecule is COc1ccc(CCC(=O)Cc2ccc(C)c(C)c2)cc1. The van der Waals surface area contributed by atoms with Crippen LogP contribution in [0.15, 0.2) is 42.5 Å². The molecule has 0 aliphatic heterocycles. The van der Waals surface area contributed by atoms with Crippen molar-refractivity contribution in [3.05, 3.63) is 64.7 Å². The van der Waals surface area contributed by atoms with Gasteiger partial charge in [0.05, 0.1) is 7.11 Å². The molecule has 0 bridgehead atoms. The van der Waals surface area contributed by atoms with E-state index in [2.05, 4.69) is 26.0 Å². The molecular formula is C19H22O2. The monoisotopic (exact) mass is 282 g/mol. The van der Waals surface area contributed by atoms with Crippen molar-refractivity contribution in [1.82, 2.24) is 0 Å². The van der Waals surface area contributed by atoms with Crippen LogP contribution in [-0.4, -0.2) is 12.9 Å². The van der Waals surface area contributed by atoms with E-state index in [1.165, 1.54) is 16.7 Å². The largest absolute Gasteiger partial charge is 0.497 e. The minimum absolute atomic E-state index is 0.286. The summed E-state index contributed by atoms with van der Waals surface area (Å²) in [5.74, 6) is 1.13. The highest BCUT2D eigenvalue weighted by Crippen LogP contribution is 2.14. The number of ether oxygens (including phenoxy) is 1. The van der Waals surface area contributed by atoms with E-state index < -0.39 is 0 Å². The van der Waals surface area contributed by atoms with E-state index in [9.17, 15) is 4.79 Å². The Morgan fingerprint density at radius 1 is 0.952 bits per heavy atom. The van der Waals surface area contributed by atoms with Crippen LogP contribution in [0.3, 0.4) is 0 Å². The molecule has 0 atom stereocenters. The Hall–Kier alpha value is -2.09. The molecule has 0 aliphatic carbocycles. The van der Waals surface area contributed by atoms with Gasteiger partial charge in [-0.25, -0.2) is 0 Å². The van der Waals surface area contributed by atoms with Crippen molar-refractivity contribution >= 4 is 5.78 Å². The van der Waals surface area contributed by atoms with Crippen molar-refractivity contribution < 1.29 is 9.53 Å². The number of benzene rings is 2. The van der Waals surface area contributed by atoms with Crippen LogP contribution in [0.5, 0.6) is 5.75 Å². The second-order valence-corrected chi connectivity index (χ2v) is 5.48. The summed E-state index contributed by atoms with van der Waals surface area (Å²) in [7, 11) is 1.65. The molecular weight excluding hydrogens is 260 g/mol. The molecule has 2 rings (SSSR count). The number of aryl methyl sites for hydroxylation is 3. The maximum absolute atomic E-state index is 12.1. The molecule has 0 amide bonds. The number of carbonyl (C=O) groups is 1. The van der Waals surface area contributed by atoms with Gasteiger partial charge in [0.15, 0.2) is 0 Å². The van der Waals surface area contributed by atoms with Crippen molar-refractivity contribution in [2.75, 3.05) is 7.11 Å². The minimum Gasteiger partial charge on any atom is -0.497 e. The summed E-state index contributed by atoms with van der Waals surface area (Å²) in [6.07, 6.45) is 1.89. The van der Waals surface area contributed by atoms with Crippen LogP contribution >= 0.6 is 0 Å². The molecule has 2 aromatic rings. The summed E-state index contributed by atoms with van der Waals surface area (Å²) in [6.45, 7) is 4.17. The molecule has 0 saturated heterocycles. The highest BCUT2D eigenvalue weighted by Gasteiger charge is 2.06. The zero-order chi connectivity index (χ0) is 15.2. The Labute approximate surface area is 126 Å². The van der Waals surface area contributed by atoms with Crippen LogP contribution in [0.25, 0.3) is 0 Å². The summed E-state index contributed by atoms with van der Waals surface area (Å²) in [4.78, 5) is 12.1. The third kappa shape index (κ3) is 4.45. The van der Waals surface area contributed by atoms with Gasteiger partial charge < -0.3 is 4.74 Å². The number of hydrogen-bond acceptors (Lipinski definition) is 2. The summed E-state index contributed by atoms with van der Waals surface area (Å²) in [5.41, 5.74) is 4.79. The van der Waals surface area contributed by atoms with E-state index in [1.807, 2.05) is 30.3 Å². The van der Waals surface area contributed by atoms with E-state index in [1.54, 1.807) is 7.11 Å². The number of methoxy groups -OCH3 is 1. The maximum Gasteiger partial charge on any atom is 0.137 e. The molecule has 0 aliphatic rings. The zero-order valence-corrected chi connectivity index (χ0v) is 13.0. The molecule has 21 heavy (non-hydrogen) atoms. The molecule has 0 aromatic heterocycles. The Kier molecular flexibility index (Phi) is 5.15. The highest BCUT2D eigenvalue weighted by molar-refractivity contribution is 5.81. The van der Waals surface area contributed by atoms with E-state index in [4.69, 9.17) is 4.74 Å². The lowest BCUT2D eigenvalue weighted by Gasteiger charge is -2.06. The molecule has 0 radical (unpaired) electrons. The van der Waals surface area contributed by atoms with Crippen molar-refractivity contribution in [2.24, 2.45) is 0 Å². The van der Waals surface area contributed by atoms with Crippen molar-refractivity contribution in [3.8, 4) is 5.75 Å². The van der Waals surface area contributed by atoms with Gasteiger partial charge in [-0.1, -0.05) is 30.3 Å². The van der Waals surface area contributed by atoms with Crippen LogP contribution in [0.2, 0.25) is 0 Å². The molecule has 2 heteroatoms. The van der Waals surface area contributed by atoms with Gasteiger partial charge in [0.2, 0.25) is 0 Å². The Morgan fingerprint density at radius 2 is 1.62 bits per heavy atom. The number of ketones is 1. The van der Waals surface area contributed by atoms with E-state index in [0.29, 0.717) is 12.8 Å². The number of Topliss-reactive ketones (excluding diaryl/α,β-unsaturated/α-hetero) is 1. The second-order valence-electron chi connectivity index (χ2n) is 5.48. The first-order chi connectivity index (χ1) is 10.1. The molecule has 0 heterocycles. The van der Waals surface area contributed by atoms with Gasteiger partial charge in [0, 0.05) is 12.8 Å². The molecule has 2 aromatic carbocycles. The average molecular weight is 282 g/mol.